The van der Waals surface area contributed by atoms with Crippen LogP contribution in [0.5, 0.6) is 0 Å². The molecule has 0 saturated carbocycles. The first-order valence-corrected chi connectivity index (χ1v) is 10.1. The highest BCUT2D eigenvalue weighted by molar-refractivity contribution is 7.98. The van der Waals surface area contributed by atoms with E-state index in [2.05, 4.69) is 4.72 Å². The summed E-state index contributed by atoms with van der Waals surface area (Å²) in [6.45, 7) is 3.48. The molecule has 1 atom stereocenters. The summed E-state index contributed by atoms with van der Waals surface area (Å²) in [4.78, 5) is 12.0. The first-order valence-electron chi connectivity index (χ1n) is 7.07. The van der Waals surface area contributed by atoms with Crippen LogP contribution in [0.1, 0.15) is 25.8 Å². The van der Waals surface area contributed by atoms with Crippen molar-refractivity contribution in [3.05, 3.63) is 35.9 Å². The molecular formula is C15H23NO4S2. The smallest absolute Gasteiger partial charge is 0.324 e. The molecule has 5 nitrogen and oxygen atoms in total. The van der Waals surface area contributed by atoms with Crippen molar-refractivity contribution in [1.82, 2.24) is 4.72 Å². The Balaban J connectivity index is 2.76. The van der Waals surface area contributed by atoms with Gasteiger partial charge in [0, 0.05) is 0 Å². The number of ether oxygens (including phenoxy) is 1. The van der Waals surface area contributed by atoms with Gasteiger partial charge in [0.2, 0.25) is 10.0 Å². The molecule has 0 aliphatic carbocycles. The van der Waals surface area contributed by atoms with E-state index in [1.807, 2.05) is 12.3 Å². The van der Waals surface area contributed by atoms with Gasteiger partial charge in [0.15, 0.2) is 0 Å². The van der Waals surface area contributed by atoms with Gasteiger partial charge in [-0.1, -0.05) is 30.3 Å². The van der Waals surface area contributed by atoms with E-state index in [0.717, 1.165) is 0 Å². The second kappa shape index (κ2) is 9.17. The summed E-state index contributed by atoms with van der Waals surface area (Å²) in [5.74, 6) is -0.00900. The van der Waals surface area contributed by atoms with Crippen LogP contribution in [0.3, 0.4) is 0 Å². The molecule has 0 aliphatic heterocycles. The van der Waals surface area contributed by atoms with E-state index in [1.54, 1.807) is 49.9 Å². The van der Waals surface area contributed by atoms with Gasteiger partial charge >= 0.3 is 5.97 Å². The molecule has 0 radical (unpaired) electrons. The van der Waals surface area contributed by atoms with Crippen molar-refractivity contribution in [3.63, 3.8) is 0 Å². The van der Waals surface area contributed by atoms with Crippen molar-refractivity contribution in [2.45, 2.75) is 38.2 Å². The number of carbonyl (C=O) groups is 1. The molecule has 0 fully saturated rings. The minimum Gasteiger partial charge on any atom is -0.462 e. The Morgan fingerprint density at radius 2 is 1.91 bits per heavy atom. The summed E-state index contributed by atoms with van der Waals surface area (Å²) < 4.78 is 32.1. The van der Waals surface area contributed by atoms with Gasteiger partial charge in [-0.05, 0) is 37.8 Å². The summed E-state index contributed by atoms with van der Waals surface area (Å²) >= 11 is 1.55. The molecule has 0 aromatic heterocycles. The van der Waals surface area contributed by atoms with Crippen molar-refractivity contribution in [1.29, 1.82) is 0 Å². The Morgan fingerprint density at radius 3 is 2.45 bits per heavy atom. The number of rotatable bonds is 9. The van der Waals surface area contributed by atoms with Crippen LogP contribution in [0, 0.1) is 0 Å². The highest BCUT2D eigenvalue weighted by Crippen LogP contribution is 2.09. The van der Waals surface area contributed by atoms with E-state index < -0.39 is 22.0 Å². The zero-order valence-corrected chi connectivity index (χ0v) is 14.7. The van der Waals surface area contributed by atoms with E-state index in [-0.39, 0.29) is 11.9 Å². The van der Waals surface area contributed by atoms with Gasteiger partial charge in [-0.2, -0.15) is 11.8 Å². The molecule has 1 rings (SSSR count). The maximum Gasteiger partial charge on any atom is 0.324 e. The van der Waals surface area contributed by atoms with Gasteiger partial charge in [-0.15, -0.1) is 0 Å². The molecule has 1 aromatic carbocycles. The fourth-order valence-corrected chi connectivity index (χ4v) is 3.66. The Morgan fingerprint density at radius 1 is 1.27 bits per heavy atom. The highest BCUT2D eigenvalue weighted by Gasteiger charge is 2.26. The number of hydrogen-bond donors (Lipinski definition) is 1. The Labute approximate surface area is 136 Å². The molecule has 124 valence electrons. The van der Waals surface area contributed by atoms with E-state index >= 15 is 0 Å². The predicted octanol–water partition coefficient (Wildman–Crippen LogP) is 2.18. The van der Waals surface area contributed by atoms with Crippen LogP contribution in [0.15, 0.2) is 30.3 Å². The first kappa shape index (κ1) is 19.0. The topological polar surface area (TPSA) is 72.5 Å². The van der Waals surface area contributed by atoms with Crippen LogP contribution in [-0.4, -0.2) is 38.5 Å². The lowest BCUT2D eigenvalue weighted by Gasteiger charge is -2.19. The summed E-state index contributed by atoms with van der Waals surface area (Å²) in [6.07, 6.45) is 2.03. The Bertz CT molecular complexity index is 558. The maximum absolute atomic E-state index is 12.2. The van der Waals surface area contributed by atoms with Gasteiger partial charge in [-0.3, -0.25) is 4.79 Å². The highest BCUT2D eigenvalue weighted by atomic mass is 32.2. The third-order valence-electron chi connectivity index (χ3n) is 2.77. The quantitative estimate of drug-likeness (QED) is 0.695. The number of carbonyl (C=O) groups excluding carboxylic acids is 1. The molecule has 7 heteroatoms. The van der Waals surface area contributed by atoms with Gasteiger partial charge in [0.1, 0.15) is 6.04 Å². The van der Waals surface area contributed by atoms with Crippen molar-refractivity contribution < 1.29 is 17.9 Å². The van der Waals surface area contributed by atoms with Gasteiger partial charge < -0.3 is 4.74 Å². The van der Waals surface area contributed by atoms with E-state index in [1.165, 1.54) is 0 Å². The number of esters is 1. The average Bonchev–Trinajstić information content (AvgIpc) is 2.43. The molecule has 22 heavy (non-hydrogen) atoms. The van der Waals surface area contributed by atoms with Gasteiger partial charge in [-0.25, -0.2) is 13.1 Å². The third-order valence-corrected chi connectivity index (χ3v) is 4.77. The number of sulfonamides is 1. The number of thioether (sulfide) groups is 1. The molecule has 0 amide bonds. The summed E-state index contributed by atoms with van der Waals surface area (Å²) in [7, 11) is -3.61. The number of hydrogen-bond acceptors (Lipinski definition) is 5. The standard InChI is InChI=1S/C15H23NO4S2/c1-12(2)20-15(17)14(9-10-21-3)16-22(18,19)11-13-7-5-4-6-8-13/h4-8,12,14,16H,9-11H2,1-3H3/t14-/m1/s1. The van der Waals surface area contributed by atoms with Crippen molar-refractivity contribution in [3.8, 4) is 0 Å². The first-order chi connectivity index (χ1) is 10.3. The lowest BCUT2D eigenvalue weighted by atomic mass is 10.2. The fourth-order valence-electron chi connectivity index (χ4n) is 1.83. The SMILES string of the molecule is CSCC[C@@H](NS(=O)(=O)Cc1ccccc1)C(=O)OC(C)C. The molecule has 0 bridgehead atoms. The predicted molar refractivity (Wildman–Crippen MR) is 90.2 cm³/mol. The van der Waals surface area contributed by atoms with Crippen molar-refractivity contribution in [2.24, 2.45) is 0 Å². The zero-order valence-electron chi connectivity index (χ0n) is 13.1. The van der Waals surface area contributed by atoms with Crippen LogP contribution >= 0.6 is 11.8 Å². The minimum atomic E-state index is -3.61. The van der Waals surface area contributed by atoms with E-state index in [0.29, 0.717) is 17.7 Å². The van der Waals surface area contributed by atoms with Crippen molar-refractivity contribution in [2.75, 3.05) is 12.0 Å². The van der Waals surface area contributed by atoms with Crippen LogP contribution in [0.4, 0.5) is 0 Å². The second-order valence-corrected chi connectivity index (χ2v) is 7.92. The lowest BCUT2D eigenvalue weighted by Crippen LogP contribution is -2.43. The molecule has 0 heterocycles. The zero-order chi connectivity index (χ0) is 16.6. The fraction of sp³-hybridized carbons (Fsp3) is 0.533. The van der Waals surface area contributed by atoms with E-state index in [9.17, 15) is 13.2 Å². The van der Waals surface area contributed by atoms with Crippen LogP contribution in [0.2, 0.25) is 0 Å². The maximum atomic E-state index is 12.2. The van der Waals surface area contributed by atoms with Gasteiger partial charge in [0.05, 0.1) is 11.9 Å². The molecule has 1 aromatic rings. The second-order valence-electron chi connectivity index (χ2n) is 5.18. The minimum absolute atomic E-state index is 0.154. The third kappa shape index (κ3) is 7.29. The Kier molecular flexibility index (Phi) is 7.92. The normalized spacial score (nSPS) is 13.1. The number of benzene rings is 1. The molecule has 0 unspecified atom stereocenters. The molecule has 1 N–H and O–H groups in total. The molecule has 0 saturated heterocycles. The molecule has 0 spiro atoms. The summed E-state index contributed by atoms with van der Waals surface area (Å²) in [5.41, 5.74) is 0.677. The largest absolute Gasteiger partial charge is 0.462 e. The Hall–Kier alpha value is -1.05. The molecule has 0 aliphatic rings. The van der Waals surface area contributed by atoms with E-state index in [4.69, 9.17) is 4.74 Å². The summed E-state index contributed by atoms with van der Waals surface area (Å²) in [6, 6.07) is 8.02. The number of nitrogens with one attached hydrogen (secondary N) is 1. The monoisotopic (exact) mass is 345 g/mol. The van der Waals surface area contributed by atoms with Crippen LogP contribution in [-0.2, 0) is 25.3 Å². The van der Waals surface area contributed by atoms with Crippen LogP contribution in [0.25, 0.3) is 0 Å². The van der Waals surface area contributed by atoms with Crippen molar-refractivity contribution >= 4 is 27.8 Å². The average molecular weight is 345 g/mol. The van der Waals surface area contributed by atoms with Crippen LogP contribution < -0.4 is 4.72 Å². The summed E-state index contributed by atoms with van der Waals surface area (Å²) in [5, 5.41) is 0. The molecular weight excluding hydrogens is 322 g/mol. The van der Waals surface area contributed by atoms with Gasteiger partial charge in [0.25, 0.3) is 0 Å². The lowest BCUT2D eigenvalue weighted by molar-refractivity contribution is -0.149.